The van der Waals surface area contributed by atoms with Gasteiger partial charge in [0.15, 0.2) is 0 Å². The van der Waals surface area contributed by atoms with Gasteiger partial charge >= 0.3 is 0 Å². The Kier molecular flexibility index (Phi) is 4.42. The molecule has 0 bridgehead atoms. The predicted molar refractivity (Wildman–Crippen MR) is 56.7 cm³/mol. The van der Waals surface area contributed by atoms with Crippen LogP contribution in [-0.2, 0) is 0 Å². The molecule has 13 heavy (non-hydrogen) atoms. The van der Waals surface area contributed by atoms with Gasteiger partial charge in [-0.2, -0.15) is 0 Å². The molecule has 0 saturated heterocycles. The molecule has 0 fully saturated rings. The molecule has 3 heteroatoms. The molecule has 2 atom stereocenters. The second kappa shape index (κ2) is 5.37. The predicted octanol–water partition coefficient (Wildman–Crippen LogP) is 2.16. The van der Waals surface area contributed by atoms with Crippen molar-refractivity contribution in [3.8, 4) is 0 Å². The van der Waals surface area contributed by atoms with Crippen molar-refractivity contribution in [3.63, 3.8) is 0 Å². The number of aliphatic hydroxyl groups is 1. The Morgan fingerprint density at radius 2 is 2.38 bits per heavy atom. The summed E-state index contributed by atoms with van der Waals surface area (Å²) in [5.41, 5.74) is 5.61. The topological polar surface area (TPSA) is 46.2 Å². The van der Waals surface area contributed by atoms with Crippen molar-refractivity contribution in [1.82, 2.24) is 0 Å². The summed E-state index contributed by atoms with van der Waals surface area (Å²) >= 11 is 1.60. The number of rotatable bonds is 5. The molecule has 1 heterocycles. The van der Waals surface area contributed by atoms with Crippen LogP contribution in [0, 0.1) is 5.92 Å². The fraction of sp³-hybridized carbons (Fsp3) is 0.600. The van der Waals surface area contributed by atoms with Crippen molar-refractivity contribution in [2.75, 3.05) is 6.54 Å². The van der Waals surface area contributed by atoms with Crippen molar-refractivity contribution >= 4 is 11.3 Å². The molecule has 1 rings (SSSR count). The highest BCUT2D eigenvalue weighted by molar-refractivity contribution is 7.10. The SMILES string of the molecule is CCCC(CN)C(O)c1cccs1. The van der Waals surface area contributed by atoms with E-state index < -0.39 is 0 Å². The second-order valence-electron chi connectivity index (χ2n) is 3.24. The van der Waals surface area contributed by atoms with Gasteiger partial charge in [-0.3, -0.25) is 0 Å². The van der Waals surface area contributed by atoms with Crippen molar-refractivity contribution in [3.05, 3.63) is 22.4 Å². The number of hydrogen-bond donors (Lipinski definition) is 2. The molecule has 0 amide bonds. The zero-order chi connectivity index (χ0) is 9.68. The van der Waals surface area contributed by atoms with Gasteiger partial charge in [0.1, 0.15) is 0 Å². The van der Waals surface area contributed by atoms with Crippen LogP contribution < -0.4 is 5.73 Å². The van der Waals surface area contributed by atoms with Gasteiger partial charge in [0.25, 0.3) is 0 Å². The zero-order valence-electron chi connectivity index (χ0n) is 7.94. The van der Waals surface area contributed by atoms with Crippen LogP contribution in [0.2, 0.25) is 0 Å². The minimum absolute atomic E-state index is 0.212. The second-order valence-corrected chi connectivity index (χ2v) is 4.22. The molecule has 0 aliphatic carbocycles. The van der Waals surface area contributed by atoms with Crippen LogP contribution >= 0.6 is 11.3 Å². The Morgan fingerprint density at radius 3 is 2.85 bits per heavy atom. The lowest BCUT2D eigenvalue weighted by atomic mass is 9.96. The summed E-state index contributed by atoms with van der Waals surface area (Å²) in [6, 6.07) is 3.93. The molecule has 0 spiro atoms. The highest BCUT2D eigenvalue weighted by Crippen LogP contribution is 2.27. The van der Waals surface area contributed by atoms with Crippen molar-refractivity contribution < 1.29 is 5.11 Å². The third kappa shape index (κ3) is 2.79. The van der Waals surface area contributed by atoms with Crippen LogP contribution in [0.1, 0.15) is 30.7 Å². The lowest BCUT2D eigenvalue weighted by Gasteiger charge is -2.19. The quantitative estimate of drug-likeness (QED) is 0.763. The third-order valence-corrected chi connectivity index (χ3v) is 3.19. The fourth-order valence-electron chi connectivity index (χ4n) is 1.47. The van der Waals surface area contributed by atoms with Crippen molar-refractivity contribution in [1.29, 1.82) is 0 Å². The molecule has 1 aromatic rings. The van der Waals surface area contributed by atoms with E-state index in [9.17, 15) is 5.11 Å². The summed E-state index contributed by atoms with van der Waals surface area (Å²) < 4.78 is 0. The van der Waals surface area contributed by atoms with E-state index in [2.05, 4.69) is 6.92 Å². The monoisotopic (exact) mass is 199 g/mol. The molecule has 0 radical (unpaired) electrons. The smallest absolute Gasteiger partial charge is 0.0922 e. The molecule has 0 aromatic carbocycles. The highest BCUT2D eigenvalue weighted by atomic mass is 32.1. The average molecular weight is 199 g/mol. The van der Waals surface area contributed by atoms with Gasteiger partial charge in [-0.15, -0.1) is 11.3 Å². The minimum Gasteiger partial charge on any atom is -0.387 e. The Morgan fingerprint density at radius 1 is 1.62 bits per heavy atom. The van der Waals surface area contributed by atoms with E-state index in [1.54, 1.807) is 11.3 Å². The Hall–Kier alpha value is -0.380. The van der Waals surface area contributed by atoms with Gasteiger partial charge in [-0.25, -0.2) is 0 Å². The zero-order valence-corrected chi connectivity index (χ0v) is 8.76. The summed E-state index contributed by atoms with van der Waals surface area (Å²) in [4.78, 5) is 1.03. The molecule has 0 saturated carbocycles. The molecule has 3 N–H and O–H groups in total. The van der Waals surface area contributed by atoms with Gasteiger partial charge in [0.05, 0.1) is 6.10 Å². The molecule has 0 aliphatic rings. The first-order chi connectivity index (χ1) is 6.29. The van der Waals surface area contributed by atoms with E-state index in [1.165, 1.54) is 0 Å². The minimum atomic E-state index is -0.370. The van der Waals surface area contributed by atoms with Crippen molar-refractivity contribution in [2.24, 2.45) is 11.7 Å². The maximum absolute atomic E-state index is 9.93. The average Bonchev–Trinajstić information content (AvgIpc) is 2.65. The van der Waals surface area contributed by atoms with Crippen LogP contribution in [0.5, 0.6) is 0 Å². The molecular weight excluding hydrogens is 182 g/mol. The number of thiophene rings is 1. The lowest BCUT2D eigenvalue weighted by molar-refractivity contribution is 0.110. The number of aliphatic hydroxyl groups excluding tert-OH is 1. The molecule has 0 aliphatic heterocycles. The number of hydrogen-bond acceptors (Lipinski definition) is 3. The maximum Gasteiger partial charge on any atom is 0.0922 e. The molecule has 74 valence electrons. The first-order valence-corrected chi connectivity index (χ1v) is 5.59. The van der Waals surface area contributed by atoms with Gasteiger partial charge in [0.2, 0.25) is 0 Å². The van der Waals surface area contributed by atoms with E-state index in [4.69, 9.17) is 5.73 Å². The summed E-state index contributed by atoms with van der Waals surface area (Å²) in [6.45, 7) is 2.68. The van der Waals surface area contributed by atoms with E-state index in [1.807, 2.05) is 17.5 Å². The molecule has 2 nitrogen and oxygen atoms in total. The first-order valence-electron chi connectivity index (χ1n) is 4.71. The van der Waals surface area contributed by atoms with Crippen LogP contribution in [0.3, 0.4) is 0 Å². The molecule has 2 unspecified atom stereocenters. The Bertz CT molecular complexity index is 223. The van der Waals surface area contributed by atoms with Crippen LogP contribution in [-0.4, -0.2) is 11.7 Å². The standard InChI is InChI=1S/C10H17NOS/c1-2-4-8(7-11)10(12)9-5-3-6-13-9/h3,5-6,8,10,12H,2,4,7,11H2,1H3. The Balaban J connectivity index is 2.58. The maximum atomic E-state index is 9.93. The summed E-state index contributed by atoms with van der Waals surface area (Å²) in [7, 11) is 0. The largest absolute Gasteiger partial charge is 0.387 e. The lowest BCUT2D eigenvalue weighted by Crippen LogP contribution is -2.21. The van der Waals surface area contributed by atoms with Crippen molar-refractivity contribution in [2.45, 2.75) is 25.9 Å². The van der Waals surface area contributed by atoms with Crippen LogP contribution in [0.15, 0.2) is 17.5 Å². The van der Waals surface area contributed by atoms with Gasteiger partial charge in [0, 0.05) is 10.8 Å². The fourth-order valence-corrected chi connectivity index (χ4v) is 2.27. The highest BCUT2D eigenvalue weighted by Gasteiger charge is 2.19. The summed E-state index contributed by atoms with van der Waals surface area (Å²) in [5.74, 6) is 0.212. The molecular formula is C10H17NOS. The third-order valence-electron chi connectivity index (χ3n) is 2.24. The van der Waals surface area contributed by atoms with Gasteiger partial charge in [-0.05, 0) is 24.4 Å². The van der Waals surface area contributed by atoms with E-state index in [-0.39, 0.29) is 12.0 Å². The molecule has 1 aromatic heterocycles. The van der Waals surface area contributed by atoms with Gasteiger partial charge < -0.3 is 10.8 Å². The summed E-state index contributed by atoms with van der Waals surface area (Å²) in [5, 5.41) is 11.9. The normalized spacial score (nSPS) is 15.6. The van der Waals surface area contributed by atoms with E-state index in [0.29, 0.717) is 6.54 Å². The Labute approximate surface area is 83.4 Å². The van der Waals surface area contributed by atoms with Crippen LogP contribution in [0.25, 0.3) is 0 Å². The first kappa shape index (κ1) is 10.7. The number of nitrogens with two attached hydrogens (primary N) is 1. The van der Waals surface area contributed by atoms with E-state index in [0.717, 1.165) is 17.7 Å². The van der Waals surface area contributed by atoms with Crippen LogP contribution in [0.4, 0.5) is 0 Å². The van der Waals surface area contributed by atoms with E-state index >= 15 is 0 Å². The van der Waals surface area contributed by atoms with Gasteiger partial charge in [-0.1, -0.05) is 19.4 Å². The summed E-state index contributed by atoms with van der Waals surface area (Å²) in [6.07, 6.45) is 1.70.